The Kier molecular flexibility index (Phi) is 4.02. The van der Waals surface area contributed by atoms with E-state index in [4.69, 9.17) is 0 Å². The topological polar surface area (TPSA) is 46.8 Å². The van der Waals surface area contributed by atoms with E-state index in [9.17, 15) is 0 Å². The fourth-order valence-electron chi connectivity index (χ4n) is 3.25. The van der Waals surface area contributed by atoms with Gasteiger partial charge in [0.25, 0.3) is 0 Å². The van der Waals surface area contributed by atoms with E-state index in [0.717, 1.165) is 25.3 Å². The minimum atomic E-state index is -0.141. The van der Waals surface area contributed by atoms with Gasteiger partial charge in [-0.2, -0.15) is 0 Å². The van der Waals surface area contributed by atoms with Crippen LogP contribution in [-0.2, 0) is 18.5 Å². The van der Waals surface area contributed by atoms with Crippen molar-refractivity contribution >= 4 is 22.7 Å². The fraction of sp³-hybridized carbons (Fsp3) is 0.471. The maximum Gasteiger partial charge on any atom is 0.174 e. The zero-order valence-electron chi connectivity index (χ0n) is 14.1. The molecule has 5 nitrogen and oxygen atoms in total. The molecule has 0 amide bonds. The third-order valence-corrected chi connectivity index (χ3v) is 6.34. The lowest BCUT2D eigenvalue weighted by molar-refractivity contribution is 0.189. The zero-order chi connectivity index (χ0) is 16.7. The molecule has 0 spiro atoms. The molecule has 0 aromatic carbocycles. The molecule has 4 rings (SSSR count). The molecule has 0 saturated heterocycles. The van der Waals surface area contributed by atoms with Crippen molar-refractivity contribution in [2.45, 2.75) is 45.3 Å². The number of nitrogens with zero attached hydrogens (tertiary/aromatic N) is 5. The van der Waals surface area contributed by atoms with E-state index in [2.05, 4.69) is 70.2 Å². The Hall–Kier alpha value is -1.57. The van der Waals surface area contributed by atoms with Gasteiger partial charge in [-0.15, -0.1) is 27.8 Å². The number of hydrogen-bond acceptors (Lipinski definition) is 6. The summed E-state index contributed by atoms with van der Waals surface area (Å²) in [4.78, 5) is 5.33. The standard InChI is InChI=1S/C17H21N5S2/c1-17(2,3)22-16(18-19-20-22)15(14-5-4-9-23-14)21-8-6-13-12(11-21)7-10-24-13/h4-5,7,9-10,15H,6,8,11H2,1-3H3. The Bertz CT molecular complexity index is 812. The van der Waals surface area contributed by atoms with Gasteiger partial charge in [0.2, 0.25) is 0 Å². The predicted molar refractivity (Wildman–Crippen MR) is 97.4 cm³/mol. The van der Waals surface area contributed by atoms with E-state index in [1.807, 2.05) is 16.0 Å². The molecule has 0 radical (unpaired) electrons. The summed E-state index contributed by atoms with van der Waals surface area (Å²) in [6, 6.07) is 6.66. The van der Waals surface area contributed by atoms with Crippen molar-refractivity contribution in [2.24, 2.45) is 0 Å². The van der Waals surface area contributed by atoms with Gasteiger partial charge in [0.05, 0.1) is 5.54 Å². The number of fused-ring (bicyclic) bond motifs is 1. The summed E-state index contributed by atoms with van der Waals surface area (Å²) in [7, 11) is 0. The van der Waals surface area contributed by atoms with Gasteiger partial charge >= 0.3 is 0 Å². The Morgan fingerprint density at radius 3 is 2.79 bits per heavy atom. The second-order valence-corrected chi connectivity index (χ2v) is 9.11. The Labute approximate surface area is 149 Å². The van der Waals surface area contributed by atoms with Crippen molar-refractivity contribution in [1.82, 2.24) is 25.1 Å². The van der Waals surface area contributed by atoms with Gasteiger partial charge in [0.1, 0.15) is 6.04 Å². The van der Waals surface area contributed by atoms with E-state index < -0.39 is 0 Å². The van der Waals surface area contributed by atoms with Crippen molar-refractivity contribution < 1.29 is 0 Å². The molecule has 24 heavy (non-hydrogen) atoms. The molecule has 7 heteroatoms. The van der Waals surface area contributed by atoms with Crippen molar-refractivity contribution in [3.63, 3.8) is 0 Å². The monoisotopic (exact) mass is 359 g/mol. The van der Waals surface area contributed by atoms with Crippen LogP contribution in [0.5, 0.6) is 0 Å². The van der Waals surface area contributed by atoms with Gasteiger partial charge in [-0.3, -0.25) is 4.90 Å². The maximum atomic E-state index is 4.43. The van der Waals surface area contributed by atoms with E-state index in [0.29, 0.717) is 0 Å². The third-order valence-electron chi connectivity index (χ3n) is 4.39. The van der Waals surface area contributed by atoms with Gasteiger partial charge in [0, 0.05) is 22.8 Å². The van der Waals surface area contributed by atoms with Gasteiger partial charge in [0.15, 0.2) is 5.82 Å². The summed E-state index contributed by atoms with van der Waals surface area (Å²) in [6.07, 6.45) is 1.10. The highest BCUT2D eigenvalue weighted by Gasteiger charge is 2.33. The van der Waals surface area contributed by atoms with Crippen LogP contribution in [0.25, 0.3) is 0 Å². The van der Waals surface area contributed by atoms with Gasteiger partial charge in [-0.25, -0.2) is 4.68 Å². The van der Waals surface area contributed by atoms with Crippen LogP contribution in [0.2, 0.25) is 0 Å². The molecule has 0 N–H and O–H groups in total. The molecule has 0 fully saturated rings. The lowest BCUT2D eigenvalue weighted by Crippen LogP contribution is -2.37. The number of aromatic nitrogens is 4. The lowest BCUT2D eigenvalue weighted by atomic mass is 10.0. The van der Waals surface area contributed by atoms with E-state index >= 15 is 0 Å². The minimum absolute atomic E-state index is 0.104. The fourth-order valence-corrected chi connectivity index (χ4v) is 4.99. The van der Waals surface area contributed by atoms with Crippen molar-refractivity contribution in [3.05, 3.63) is 50.1 Å². The Morgan fingerprint density at radius 2 is 2.04 bits per heavy atom. The van der Waals surface area contributed by atoms with Gasteiger partial charge < -0.3 is 0 Å². The summed E-state index contributed by atoms with van der Waals surface area (Å²) < 4.78 is 1.97. The van der Waals surface area contributed by atoms with Crippen molar-refractivity contribution in [2.75, 3.05) is 6.54 Å². The van der Waals surface area contributed by atoms with Crippen LogP contribution < -0.4 is 0 Å². The molecule has 0 saturated carbocycles. The highest BCUT2D eigenvalue weighted by Crippen LogP contribution is 2.36. The Morgan fingerprint density at radius 1 is 1.17 bits per heavy atom. The third kappa shape index (κ3) is 2.81. The normalized spacial score (nSPS) is 17.0. The highest BCUT2D eigenvalue weighted by molar-refractivity contribution is 7.10. The molecule has 3 aromatic rings. The number of rotatable bonds is 3. The Balaban J connectivity index is 1.76. The second-order valence-electron chi connectivity index (χ2n) is 7.13. The first kappa shape index (κ1) is 15.9. The van der Waals surface area contributed by atoms with Crippen LogP contribution in [0, 0.1) is 0 Å². The summed E-state index contributed by atoms with van der Waals surface area (Å²) in [5.41, 5.74) is 1.31. The lowest BCUT2D eigenvalue weighted by Gasteiger charge is -2.34. The van der Waals surface area contributed by atoms with Crippen LogP contribution in [0.1, 0.15) is 48.0 Å². The smallest absolute Gasteiger partial charge is 0.174 e. The first-order valence-electron chi connectivity index (χ1n) is 8.15. The minimum Gasteiger partial charge on any atom is -0.284 e. The van der Waals surface area contributed by atoms with Crippen LogP contribution >= 0.6 is 22.7 Å². The quantitative estimate of drug-likeness (QED) is 0.715. The molecule has 126 valence electrons. The summed E-state index contributed by atoms with van der Waals surface area (Å²) >= 11 is 3.65. The molecule has 4 heterocycles. The van der Waals surface area contributed by atoms with E-state index in [1.165, 1.54) is 15.3 Å². The number of hydrogen-bond donors (Lipinski definition) is 0. The molecule has 1 aliphatic heterocycles. The average Bonchev–Trinajstić information content (AvgIpc) is 3.28. The molecule has 3 aromatic heterocycles. The molecular weight excluding hydrogens is 338 g/mol. The number of thiophene rings is 2. The van der Waals surface area contributed by atoms with Gasteiger partial charge in [-0.1, -0.05) is 6.07 Å². The van der Waals surface area contributed by atoms with E-state index in [-0.39, 0.29) is 11.6 Å². The van der Waals surface area contributed by atoms with E-state index in [1.54, 1.807) is 11.3 Å². The second kappa shape index (κ2) is 6.06. The van der Waals surface area contributed by atoms with Crippen LogP contribution in [0.3, 0.4) is 0 Å². The van der Waals surface area contributed by atoms with Crippen LogP contribution in [-0.4, -0.2) is 31.7 Å². The summed E-state index contributed by atoms with van der Waals surface area (Å²) in [5.74, 6) is 0.934. The zero-order valence-corrected chi connectivity index (χ0v) is 15.8. The van der Waals surface area contributed by atoms with Crippen molar-refractivity contribution in [1.29, 1.82) is 0 Å². The molecule has 1 atom stereocenters. The van der Waals surface area contributed by atoms with Crippen LogP contribution in [0.15, 0.2) is 29.0 Å². The molecule has 0 bridgehead atoms. The predicted octanol–water partition coefficient (Wildman–Crippen LogP) is 3.70. The molecule has 1 aliphatic rings. The molecular formula is C17H21N5S2. The average molecular weight is 360 g/mol. The van der Waals surface area contributed by atoms with Crippen LogP contribution in [0.4, 0.5) is 0 Å². The molecule has 1 unspecified atom stereocenters. The summed E-state index contributed by atoms with van der Waals surface area (Å²) in [6.45, 7) is 8.42. The highest BCUT2D eigenvalue weighted by atomic mass is 32.1. The molecule has 0 aliphatic carbocycles. The van der Waals surface area contributed by atoms with Gasteiger partial charge in [-0.05, 0) is 66.1 Å². The number of tetrazole rings is 1. The maximum absolute atomic E-state index is 4.43. The summed E-state index contributed by atoms with van der Waals surface area (Å²) in [5, 5.41) is 17.0. The first-order chi connectivity index (χ1) is 11.5. The first-order valence-corrected chi connectivity index (χ1v) is 9.91. The largest absolute Gasteiger partial charge is 0.284 e. The van der Waals surface area contributed by atoms with Crippen molar-refractivity contribution in [3.8, 4) is 0 Å². The SMILES string of the molecule is CC(C)(C)n1nnnc1C(c1cccs1)N1CCc2sccc2C1.